The Bertz CT molecular complexity index is 954. The van der Waals surface area contributed by atoms with Crippen LogP contribution in [0.3, 0.4) is 0 Å². The van der Waals surface area contributed by atoms with Crippen molar-refractivity contribution in [2.45, 2.75) is 70.0 Å². The molecule has 0 bridgehead atoms. The molecule has 2 saturated heterocycles. The number of aromatic nitrogens is 3. The molecule has 3 aliphatic rings. The van der Waals surface area contributed by atoms with Crippen molar-refractivity contribution in [2.75, 3.05) is 26.2 Å². The van der Waals surface area contributed by atoms with Crippen LogP contribution in [0, 0.1) is 0 Å². The number of halogens is 2. The molecule has 1 N–H and O–H groups in total. The van der Waals surface area contributed by atoms with Crippen LogP contribution >= 0.6 is 23.2 Å². The van der Waals surface area contributed by atoms with Crippen molar-refractivity contribution in [3.63, 3.8) is 0 Å². The standard InChI is InChI=1S/C23H31Cl2N5O/c1-14(2)28-9-6-17(7-10-28)29-8-5-15(12-29)23-27-26-20-11-16(13-30(20)23)21-19(31)4-3-18(24)22(21)25/h3-4,14-17,31H,5-13H2,1-2H3/t15-,16-/m1/s1. The van der Waals surface area contributed by atoms with Crippen LogP contribution in [0.1, 0.15) is 62.2 Å². The first-order valence-corrected chi connectivity index (χ1v) is 12.2. The summed E-state index contributed by atoms with van der Waals surface area (Å²) in [4.78, 5) is 5.27. The molecular weight excluding hydrogens is 433 g/mol. The molecule has 6 nitrogen and oxygen atoms in total. The number of hydrogen-bond donors (Lipinski definition) is 1. The number of hydrogen-bond acceptors (Lipinski definition) is 5. The quantitative estimate of drug-likeness (QED) is 0.732. The van der Waals surface area contributed by atoms with Gasteiger partial charge in [0.2, 0.25) is 0 Å². The van der Waals surface area contributed by atoms with E-state index in [2.05, 4.69) is 38.4 Å². The minimum atomic E-state index is 0.0771. The molecule has 0 unspecified atom stereocenters. The highest BCUT2D eigenvalue weighted by atomic mass is 35.5. The lowest BCUT2D eigenvalue weighted by atomic mass is 9.96. The number of likely N-dealkylation sites (tertiary alicyclic amines) is 2. The first-order chi connectivity index (χ1) is 14.9. The minimum absolute atomic E-state index is 0.0771. The summed E-state index contributed by atoms with van der Waals surface area (Å²) in [6.07, 6.45) is 4.38. The van der Waals surface area contributed by atoms with E-state index in [1.807, 2.05) is 0 Å². The SMILES string of the molecule is CC(C)N1CCC(N2CC[C@@H](c3nnc4n3C[C@H](c3c(O)ccc(Cl)c3Cl)C4)C2)CC1. The predicted octanol–water partition coefficient (Wildman–Crippen LogP) is 4.29. The number of fused-ring (bicyclic) bond motifs is 1. The average Bonchev–Trinajstić information content (AvgIpc) is 3.47. The molecule has 0 amide bonds. The summed E-state index contributed by atoms with van der Waals surface area (Å²) in [5.74, 6) is 2.79. The zero-order chi connectivity index (χ0) is 21.7. The van der Waals surface area contributed by atoms with E-state index in [0.29, 0.717) is 28.0 Å². The molecule has 3 aliphatic heterocycles. The zero-order valence-corrected chi connectivity index (χ0v) is 19.8. The fourth-order valence-electron chi connectivity index (χ4n) is 5.74. The summed E-state index contributed by atoms with van der Waals surface area (Å²) in [5.41, 5.74) is 0.732. The zero-order valence-electron chi connectivity index (χ0n) is 18.3. The summed E-state index contributed by atoms with van der Waals surface area (Å²) in [5, 5.41) is 20.4. The molecule has 0 saturated carbocycles. The molecule has 0 spiro atoms. The van der Waals surface area contributed by atoms with Crippen LogP contribution in [0.25, 0.3) is 0 Å². The topological polar surface area (TPSA) is 57.4 Å². The second-order valence-electron chi connectivity index (χ2n) is 9.62. The van der Waals surface area contributed by atoms with Gasteiger partial charge in [0.1, 0.15) is 17.4 Å². The van der Waals surface area contributed by atoms with E-state index in [-0.39, 0.29) is 11.7 Å². The van der Waals surface area contributed by atoms with Gasteiger partial charge in [-0.15, -0.1) is 10.2 Å². The smallest absolute Gasteiger partial charge is 0.137 e. The Balaban J connectivity index is 1.27. The van der Waals surface area contributed by atoms with Gasteiger partial charge in [-0.05, 0) is 64.9 Å². The maximum absolute atomic E-state index is 10.4. The lowest BCUT2D eigenvalue weighted by Gasteiger charge is -2.38. The third-order valence-corrected chi connectivity index (χ3v) is 8.36. The van der Waals surface area contributed by atoms with E-state index >= 15 is 0 Å². The van der Waals surface area contributed by atoms with Gasteiger partial charge in [0.15, 0.2) is 0 Å². The number of aromatic hydroxyl groups is 1. The van der Waals surface area contributed by atoms with Gasteiger partial charge >= 0.3 is 0 Å². The molecule has 0 radical (unpaired) electrons. The second-order valence-corrected chi connectivity index (χ2v) is 10.4. The number of benzene rings is 1. The summed E-state index contributed by atoms with van der Waals surface area (Å²) < 4.78 is 2.26. The largest absolute Gasteiger partial charge is 0.508 e. The number of nitrogens with zero attached hydrogens (tertiary/aromatic N) is 5. The van der Waals surface area contributed by atoms with E-state index in [4.69, 9.17) is 23.2 Å². The Morgan fingerprint density at radius 1 is 1.00 bits per heavy atom. The lowest BCUT2D eigenvalue weighted by molar-refractivity contribution is 0.106. The van der Waals surface area contributed by atoms with Crippen molar-refractivity contribution in [2.24, 2.45) is 0 Å². The molecular formula is C23H31Cl2N5O. The van der Waals surface area contributed by atoms with E-state index in [0.717, 1.165) is 49.7 Å². The molecule has 2 fully saturated rings. The van der Waals surface area contributed by atoms with Gasteiger partial charge in [0, 0.05) is 49.0 Å². The third kappa shape index (κ3) is 3.97. The Kier molecular flexibility index (Phi) is 5.93. The minimum Gasteiger partial charge on any atom is -0.508 e. The molecule has 31 heavy (non-hydrogen) atoms. The predicted molar refractivity (Wildman–Crippen MR) is 123 cm³/mol. The lowest BCUT2D eigenvalue weighted by Crippen LogP contribution is -2.46. The summed E-state index contributed by atoms with van der Waals surface area (Å²) >= 11 is 12.7. The summed E-state index contributed by atoms with van der Waals surface area (Å²) in [6.45, 7) is 9.95. The van der Waals surface area contributed by atoms with E-state index in [1.165, 1.54) is 25.9 Å². The molecule has 1 aromatic heterocycles. The maximum atomic E-state index is 10.4. The number of phenolic OH excluding ortho intramolecular Hbond substituents is 1. The Morgan fingerprint density at radius 3 is 2.52 bits per heavy atom. The molecule has 8 heteroatoms. The van der Waals surface area contributed by atoms with Gasteiger partial charge in [0.05, 0.1) is 10.0 Å². The van der Waals surface area contributed by atoms with Gasteiger partial charge in [0.25, 0.3) is 0 Å². The van der Waals surface area contributed by atoms with Gasteiger partial charge < -0.3 is 14.6 Å². The molecule has 4 heterocycles. The van der Waals surface area contributed by atoms with E-state index in [9.17, 15) is 5.11 Å². The van der Waals surface area contributed by atoms with Crippen molar-refractivity contribution >= 4 is 23.2 Å². The van der Waals surface area contributed by atoms with Gasteiger partial charge in [-0.3, -0.25) is 4.90 Å². The summed E-state index contributed by atoms with van der Waals surface area (Å²) in [6, 6.07) is 4.60. The number of piperidine rings is 1. The van der Waals surface area contributed by atoms with Crippen molar-refractivity contribution in [1.29, 1.82) is 0 Å². The number of phenols is 1. The van der Waals surface area contributed by atoms with Crippen molar-refractivity contribution in [3.05, 3.63) is 39.4 Å². The van der Waals surface area contributed by atoms with Crippen LogP contribution in [0.2, 0.25) is 10.0 Å². The van der Waals surface area contributed by atoms with Crippen LogP contribution < -0.4 is 0 Å². The number of rotatable bonds is 4. The van der Waals surface area contributed by atoms with Crippen molar-refractivity contribution in [3.8, 4) is 5.75 Å². The van der Waals surface area contributed by atoms with Crippen LogP contribution in [-0.2, 0) is 13.0 Å². The van der Waals surface area contributed by atoms with Crippen molar-refractivity contribution < 1.29 is 5.11 Å². The molecule has 1 aromatic carbocycles. The van der Waals surface area contributed by atoms with Crippen LogP contribution in [0.4, 0.5) is 0 Å². The Hall–Kier alpha value is -1.34. The van der Waals surface area contributed by atoms with Crippen LogP contribution in [0.15, 0.2) is 12.1 Å². The summed E-state index contributed by atoms with van der Waals surface area (Å²) in [7, 11) is 0. The first-order valence-electron chi connectivity index (χ1n) is 11.5. The molecule has 2 aromatic rings. The highest BCUT2D eigenvalue weighted by Crippen LogP contribution is 2.43. The highest BCUT2D eigenvalue weighted by Gasteiger charge is 2.37. The normalized spacial score (nSPS) is 25.6. The van der Waals surface area contributed by atoms with E-state index in [1.54, 1.807) is 12.1 Å². The Morgan fingerprint density at radius 2 is 1.77 bits per heavy atom. The molecule has 2 atom stereocenters. The van der Waals surface area contributed by atoms with Crippen molar-refractivity contribution in [1.82, 2.24) is 24.6 Å². The second kappa shape index (κ2) is 8.54. The van der Waals surface area contributed by atoms with Crippen LogP contribution in [-0.4, -0.2) is 67.9 Å². The maximum Gasteiger partial charge on any atom is 0.137 e. The van der Waals surface area contributed by atoms with Crippen LogP contribution in [0.5, 0.6) is 5.75 Å². The monoisotopic (exact) mass is 463 g/mol. The van der Waals surface area contributed by atoms with Gasteiger partial charge in [-0.1, -0.05) is 23.2 Å². The average molecular weight is 464 g/mol. The van der Waals surface area contributed by atoms with Gasteiger partial charge in [-0.25, -0.2) is 0 Å². The first kappa shape index (κ1) is 21.5. The third-order valence-electron chi connectivity index (χ3n) is 7.54. The van der Waals surface area contributed by atoms with Gasteiger partial charge in [-0.2, -0.15) is 0 Å². The fraction of sp³-hybridized carbons (Fsp3) is 0.652. The molecule has 5 rings (SSSR count). The fourth-order valence-corrected chi connectivity index (χ4v) is 6.22. The highest BCUT2D eigenvalue weighted by molar-refractivity contribution is 6.42. The van der Waals surface area contributed by atoms with E-state index < -0.39 is 0 Å². The molecule has 168 valence electrons. The molecule has 0 aliphatic carbocycles. The Labute approximate surface area is 194 Å².